The number of hydrogen-bond acceptors (Lipinski definition) is 6. The first kappa shape index (κ1) is 17.1. The van der Waals surface area contributed by atoms with Crippen LogP contribution >= 0.6 is 24.0 Å². The van der Waals surface area contributed by atoms with Gasteiger partial charge in [-0.25, -0.2) is 0 Å². The standard InChI is InChI=1S/C17H12N2O4S2/c20-15-12(7-4-8-13(15)19(22)23)9-14-16(21)18(17(24)25-14)10-11-5-2-1-3-6-11/h1-9,20H,10H2/b14-9+. The molecule has 0 radical (unpaired) electrons. The van der Waals surface area contributed by atoms with E-state index < -0.39 is 16.4 Å². The zero-order valence-electron chi connectivity index (χ0n) is 12.8. The molecule has 6 nitrogen and oxygen atoms in total. The van der Waals surface area contributed by atoms with Crippen LogP contribution in [0.5, 0.6) is 5.75 Å². The smallest absolute Gasteiger partial charge is 0.311 e. The van der Waals surface area contributed by atoms with Crippen molar-refractivity contribution in [3.8, 4) is 5.75 Å². The Hall–Kier alpha value is -2.71. The molecular weight excluding hydrogens is 360 g/mol. The van der Waals surface area contributed by atoms with Gasteiger partial charge < -0.3 is 5.11 Å². The summed E-state index contributed by atoms with van der Waals surface area (Å²) in [7, 11) is 0. The molecule has 1 saturated heterocycles. The number of phenols is 1. The van der Waals surface area contributed by atoms with Crippen LogP contribution in [0.4, 0.5) is 5.69 Å². The van der Waals surface area contributed by atoms with Crippen molar-refractivity contribution >= 4 is 46.0 Å². The number of thiocarbonyl (C=S) groups is 1. The maximum Gasteiger partial charge on any atom is 0.311 e. The highest BCUT2D eigenvalue weighted by Gasteiger charge is 2.32. The van der Waals surface area contributed by atoms with Crippen molar-refractivity contribution in [3.05, 3.63) is 74.7 Å². The molecule has 0 bridgehead atoms. The van der Waals surface area contributed by atoms with Crippen LogP contribution in [0, 0.1) is 10.1 Å². The number of aromatic hydroxyl groups is 1. The number of hydrogen-bond donors (Lipinski definition) is 1. The third kappa shape index (κ3) is 3.54. The quantitative estimate of drug-likeness (QED) is 0.381. The van der Waals surface area contributed by atoms with E-state index in [-0.39, 0.29) is 11.5 Å². The molecule has 0 saturated carbocycles. The highest BCUT2D eigenvalue weighted by atomic mass is 32.2. The third-order valence-electron chi connectivity index (χ3n) is 3.59. The molecule has 1 aliphatic heterocycles. The lowest BCUT2D eigenvalue weighted by Crippen LogP contribution is -2.27. The van der Waals surface area contributed by atoms with Gasteiger partial charge in [0.2, 0.25) is 5.75 Å². The minimum Gasteiger partial charge on any atom is -0.502 e. The number of nitrogens with zero attached hydrogens (tertiary/aromatic N) is 2. The Morgan fingerprint density at radius 1 is 1.20 bits per heavy atom. The van der Waals surface area contributed by atoms with E-state index in [0.717, 1.165) is 17.3 Å². The SMILES string of the molecule is O=C1/C(=C\c2cccc([N+](=O)[O-])c2O)SC(=S)N1Cc1ccccc1. The Bertz CT molecular complexity index is 897. The van der Waals surface area contributed by atoms with E-state index in [9.17, 15) is 20.0 Å². The average Bonchev–Trinajstić information content (AvgIpc) is 2.85. The fourth-order valence-corrected chi connectivity index (χ4v) is 3.60. The molecule has 2 aromatic carbocycles. The number of amides is 1. The Morgan fingerprint density at radius 2 is 1.92 bits per heavy atom. The van der Waals surface area contributed by atoms with Crippen LogP contribution in [0.1, 0.15) is 11.1 Å². The van der Waals surface area contributed by atoms with Gasteiger partial charge in [0, 0.05) is 11.6 Å². The number of phenolic OH excluding ortho intramolecular Hbond substituents is 1. The lowest BCUT2D eigenvalue weighted by atomic mass is 10.1. The van der Waals surface area contributed by atoms with Gasteiger partial charge in [0.05, 0.1) is 16.4 Å². The minimum absolute atomic E-state index is 0.203. The minimum atomic E-state index is -0.673. The molecule has 3 rings (SSSR count). The molecule has 0 unspecified atom stereocenters. The molecule has 1 N–H and O–H groups in total. The first-order valence-corrected chi connectivity index (χ1v) is 8.45. The van der Waals surface area contributed by atoms with Gasteiger partial charge in [-0.15, -0.1) is 0 Å². The molecular formula is C17H12N2O4S2. The number of nitro groups is 1. The molecule has 25 heavy (non-hydrogen) atoms. The van der Waals surface area contributed by atoms with E-state index in [1.165, 1.54) is 29.2 Å². The number of nitro benzene ring substituents is 1. The van der Waals surface area contributed by atoms with Crippen LogP contribution in [0.25, 0.3) is 6.08 Å². The Balaban J connectivity index is 1.88. The predicted octanol–water partition coefficient (Wildman–Crippen LogP) is 3.70. The van der Waals surface area contributed by atoms with Gasteiger partial charge in [-0.05, 0) is 11.6 Å². The molecule has 2 aromatic rings. The molecule has 0 aromatic heterocycles. The summed E-state index contributed by atoms with van der Waals surface area (Å²) in [5.41, 5.74) is 0.737. The van der Waals surface area contributed by atoms with Crippen molar-refractivity contribution in [1.29, 1.82) is 0 Å². The highest BCUT2D eigenvalue weighted by molar-refractivity contribution is 8.26. The Labute approximate surface area is 152 Å². The fraction of sp³-hybridized carbons (Fsp3) is 0.0588. The van der Waals surface area contributed by atoms with Gasteiger partial charge >= 0.3 is 5.69 Å². The summed E-state index contributed by atoms with van der Waals surface area (Å²) in [5, 5.41) is 20.9. The normalized spacial score (nSPS) is 15.8. The van der Waals surface area contributed by atoms with Crippen LogP contribution in [0.2, 0.25) is 0 Å². The Morgan fingerprint density at radius 3 is 2.60 bits per heavy atom. The van der Waals surface area contributed by atoms with Crippen molar-refractivity contribution in [3.63, 3.8) is 0 Å². The van der Waals surface area contributed by atoms with Gasteiger partial charge in [-0.3, -0.25) is 19.8 Å². The van der Waals surface area contributed by atoms with Crippen molar-refractivity contribution in [2.45, 2.75) is 6.54 Å². The number of thioether (sulfide) groups is 1. The second kappa shape index (κ2) is 7.04. The number of para-hydroxylation sites is 1. The summed E-state index contributed by atoms with van der Waals surface area (Å²) in [5.74, 6) is -0.759. The van der Waals surface area contributed by atoms with E-state index in [2.05, 4.69) is 0 Å². The second-order valence-corrected chi connectivity index (χ2v) is 6.90. The molecule has 1 heterocycles. The van der Waals surface area contributed by atoms with Gasteiger partial charge in [0.15, 0.2) is 0 Å². The molecule has 1 amide bonds. The van der Waals surface area contributed by atoms with Crippen molar-refractivity contribution in [2.75, 3.05) is 0 Å². The lowest BCUT2D eigenvalue weighted by molar-refractivity contribution is -0.385. The maximum atomic E-state index is 12.6. The first-order valence-electron chi connectivity index (χ1n) is 7.23. The summed E-state index contributed by atoms with van der Waals surface area (Å²) in [6, 6.07) is 13.6. The van der Waals surface area contributed by atoms with Crippen LogP contribution in [0.3, 0.4) is 0 Å². The van der Waals surface area contributed by atoms with Gasteiger partial charge in [-0.1, -0.05) is 66.4 Å². The van der Waals surface area contributed by atoms with E-state index in [1.807, 2.05) is 30.3 Å². The fourth-order valence-electron chi connectivity index (χ4n) is 2.36. The van der Waals surface area contributed by atoms with Crippen LogP contribution in [-0.4, -0.2) is 25.2 Å². The zero-order valence-corrected chi connectivity index (χ0v) is 14.4. The van der Waals surface area contributed by atoms with Gasteiger partial charge in [-0.2, -0.15) is 0 Å². The number of rotatable bonds is 4. The van der Waals surface area contributed by atoms with E-state index in [4.69, 9.17) is 12.2 Å². The topological polar surface area (TPSA) is 83.7 Å². The van der Waals surface area contributed by atoms with Gasteiger partial charge in [0.25, 0.3) is 5.91 Å². The average molecular weight is 372 g/mol. The maximum absolute atomic E-state index is 12.6. The van der Waals surface area contributed by atoms with Crippen molar-refractivity contribution in [1.82, 2.24) is 4.90 Å². The van der Waals surface area contributed by atoms with Gasteiger partial charge in [0.1, 0.15) is 4.32 Å². The number of carbonyl (C=O) groups excluding carboxylic acids is 1. The van der Waals surface area contributed by atoms with E-state index >= 15 is 0 Å². The molecule has 0 spiro atoms. The predicted molar refractivity (Wildman–Crippen MR) is 99.9 cm³/mol. The summed E-state index contributed by atoms with van der Waals surface area (Å²) in [6.07, 6.45) is 1.42. The third-order valence-corrected chi connectivity index (χ3v) is 4.96. The first-order chi connectivity index (χ1) is 12.0. The largest absolute Gasteiger partial charge is 0.502 e. The molecule has 1 aliphatic rings. The Kier molecular flexibility index (Phi) is 4.82. The number of carbonyl (C=O) groups is 1. The number of benzene rings is 2. The molecule has 1 fully saturated rings. The molecule has 0 atom stereocenters. The van der Waals surface area contributed by atoms with Crippen LogP contribution in [-0.2, 0) is 11.3 Å². The van der Waals surface area contributed by atoms with Crippen LogP contribution in [0.15, 0.2) is 53.4 Å². The molecule has 126 valence electrons. The van der Waals surface area contributed by atoms with E-state index in [1.54, 1.807) is 0 Å². The monoisotopic (exact) mass is 372 g/mol. The summed E-state index contributed by atoms with van der Waals surface area (Å²) < 4.78 is 0.407. The highest BCUT2D eigenvalue weighted by Crippen LogP contribution is 2.37. The summed E-state index contributed by atoms with van der Waals surface area (Å²) >= 11 is 6.37. The summed E-state index contributed by atoms with van der Waals surface area (Å²) in [6.45, 7) is 0.351. The summed E-state index contributed by atoms with van der Waals surface area (Å²) in [4.78, 5) is 24.6. The van der Waals surface area contributed by atoms with Crippen molar-refractivity contribution in [2.24, 2.45) is 0 Å². The molecule has 8 heteroatoms. The second-order valence-electron chi connectivity index (χ2n) is 5.23. The zero-order chi connectivity index (χ0) is 18.0. The van der Waals surface area contributed by atoms with E-state index in [0.29, 0.717) is 15.8 Å². The van der Waals surface area contributed by atoms with Crippen LogP contribution < -0.4 is 0 Å². The molecule has 0 aliphatic carbocycles. The van der Waals surface area contributed by atoms with Crippen molar-refractivity contribution < 1.29 is 14.8 Å². The lowest BCUT2D eigenvalue weighted by Gasteiger charge is -2.14.